The van der Waals surface area contributed by atoms with Gasteiger partial charge in [-0.3, -0.25) is 9.36 Å². The zero-order valence-electron chi connectivity index (χ0n) is 21.2. The van der Waals surface area contributed by atoms with E-state index >= 15 is 0 Å². The van der Waals surface area contributed by atoms with Crippen molar-refractivity contribution in [1.29, 1.82) is 0 Å². The van der Waals surface area contributed by atoms with E-state index in [9.17, 15) is 4.79 Å². The highest BCUT2D eigenvalue weighted by atomic mass is 16.5. The molecule has 1 atom stereocenters. The molecule has 0 radical (unpaired) electrons. The van der Waals surface area contributed by atoms with Crippen molar-refractivity contribution in [2.24, 2.45) is 5.92 Å². The molecule has 1 aliphatic carbocycles. The summed E-state index contributed by atoms with van der Waals surface area (Å²) in [5.41, 5.74) is 2.20. The number of hydrogen-bond donors (Lipinski definition) is 2. The molecule has 2 aromatic heterocycles. The minimum absolute atomic E-state index is 0.0343. The maximum Gasteiger partial charge on any atom is 0.242 e. The van der Waals surface area contributed by atoms with Gasteiger partial charge < -0.3 is 15.4 Å². The van der Waals surface area contributed by atoms with Crippen LogP contribution >= 0.6 is 0 Å². The minimum atomic E-state index is -0.329. The second-order valence-corrected chi connectivity index (χ2v) is 9.36. The number of ether oxygens (including phenoxy) is 1. The second-order valence-electron chi connectivity index (χ2n) is 9.36. The molecule has 1 fully saturated rings. The number of nitrogens with one attached hydrogen (secondary N) is 2. The Hall–Kier alpha value is -3.26. The van der Waals surface area contributed by atoms with Crippen LogP contribution in [-0.4, -0.2) is 51.2 Å². The van der Waals surface area contributed by atoms with Gasteiger partial charge in [0.1, 0.15) is 18.2 Å². The number of anilines is 1. The lowest BCUT2D eigenvalue weighted by molar-refractivity contribution is -0.123. The number of benzene rings is 1. The van der Waals surface area contributed by atoms with Crippen LogP contribution in [0.15, 0.2) is 55.1 Å². The van der Waals surface area contributed by atoms with Crippen molar-refractivity contribution in [2.75, 3.05) is 25.1 Å². The first-order valence-corrected chi connectivity index (χ1v) is 13.2. The summed E-state index contributed by atoms with van der Waals surface area (Å²) in [6.45, 7) is 3.94. The number of carbonyl (C=O) groups excluding carboxylic acids is 1. The van der Waals surface area contributed by atoms with Crippen LogP contribution in [0.2, 0.25) is 0 Å². The van der Waals surface area contributed by atoms with Crippen molar-refractivity contribution in [3.05, 3.63) is 66.4 Å². The first kappa shape index (κ1) is 25.8. The molecule has 3 aromatic rings. The van der Waals surface area contributed by atoms with Crippen LogP contribution in [0.5, 0.6) is 0 Å². The molecular formula is C28H38N6O2. The summed E-state index contributed by atoms with van der Waals surface area (Å²) in [7, 11) is 0. The molecule has 2 heterocycles. The van der Waals surface area contributed by atoms with Gasteiger partial charge in [-0.25, -0.2) is 9.97 Å². The van der Waals surface area contributed by atoms with E-state index in [1.165, 1.54) is 12.0 Å². The third kappa shape index (κ3) is 7.62. The van der Waals surface area contributed by atoms with Gasteiger partial charge >= 0.3 is 0 Å². The van der Waals surface area contributed by atoms with Gasteiger partial charge in [0.05, 0.1) is 0 Å². The summed E-state index contributed by atoms with van der Waals surface area (Å²) in [5, 5.41) is 6.64. The summed E-state index contributed by atoms with van der Waals surface area (Å²) in [4.78, 5) is 27.0. The van der Waals surface area contributed by atoms with E-state index in [0.29, 0.717) is 31.5 Å². The van der Waals surface area contributed by atoms with Crippen LogP contribution in [0, 0.1) is 5.92 Å². The smallest absolute Gasteiger partial charge is 0.242 e. The topological polar surface area (TPSA) is 94.0 Å². The van der Waals surface area contributed by atoms with E-state index in [1.54, 1.807) is 17.1 Å². The third-order valence-electron chi connectivity index (χ3n) is 6.69. The zero-order chi connectivity index (χ0) is 25.0. The summed E-state index contributed by atoms with van der Waals surface area (Å²) in [6, 6.07) is 12.1. The van der Waals surface area contributed by atoms with E-state index in [2.05, 4.69) is 39.9 Å². The van der Waals surface area contributed by atoms with Crippen LogP contribution < -0.4 is 10.6 Å². The number of amides is 1. The van der Waals surface area contributed by atoms with Gasteiger partial charge in [0, 0.05) is 43.9 Å². The van der Waals surface area contributed by atoms with Gasteiger partial charge in [0.2, 0.25) is 11.9 Å². The van der Waals surface area contributed by atoms with Gasteiger partial charge in [0.25, 0.3) is 0 Å². The van der Waals surface area contributed by atoms with E-state index < -0.39 is 0 Å². The Kier molecular flexibility index (Phi) is 9.85. The molecule has 0 spiro atoms. The highest BCUT2D eigenvalue weighted by Crippen LogP contribution is 2.28. The Balaban J connectivity index is 1.52. The maximum atomic E-state index is 13.3. The summed E-state index contributed by atoms with van der Waals surface area (Å²) in [6.07, 6.45) is 13.4. The van der Waals surface area contributed by atoms with E-state index in [4.69, 9.17) is 14.7 Å². The molecule has 4 rings (SSSR count). The van der Waals surface area contributed by atoms with Crippen LogP contribution in [-0.2, 0) is 22.4 Å². The molecular weight excluding hydrogens is 452 g/mol. The van der Waals surface area contributed by atoms with Crippen molar-refractivity contribution >= 4 is 11.7 Å². The summed E-state index contributed by atoms with van der Waals surface area (Å²) in [5.74, 6) is 1.55. The predicted molar refractivity (Wildman–Crippen MR) is 141 cm³/mol. The average Bonchev–Trinajstić information content (AvgIpc) is 3.47. The lowest BCUT2D eigenvalue weighted by atomic mass is 9.83. The Morgan fingerprint density at radius 2 is 1.97 bits per heavy atom. The van der Waals surface area contributed by atoms with Crippen LogP contribution in [0.3, 0.4) is 0 Å². The van der Waals surface area contributed by atoms with Crippen molar-refractivity contribution in [3.63, 3.8) is 0 Å². The fraction of sp³-hybridized carbons (Fsp3) is 0.500. The van der Waals surface area contributed by atoms with Crippen LogP contribution in [0.4, 0.5) is 5.82 Å². The molecule has 8 nitrogen and oxygen atoms in total. The summed E-state index contributed by atoms with van der Waals surface area (Å²) >= 11 is 0. The van der Waals surface area contributed by atoms with Gasteiger partial charge in [-0.05, 0) is 50.5 Å². The molecule has 1 aromatic carbocycles. The molecule has 1 amide bonds. The Bertz CT molecular complexity index is 1050. The number of aromatic nitrogens is 4. The first-order chi connectivity index (χ1) is 17.7. The lowest BCUT2D eigenvalue weighted by Crippen LogP contribution is -2.45. The number of carbonyl (C=O) groups is 1. The molecule has 1 saturated carbocycles. The Morgan fingerprint density at radius 3 is 2.72 bits per heavy atom. The Labute approximate surface area is 213 Å². The lowest BCUT2D eigenvalue weighted by Gasteiger charge is -2.30. The second kappa shape index (κ2) is 13.7. The molecule has 36 heavy (non-hydrogen) atoms. The average molecular weight is 491 g/mol. The van der Waals surface area contributed by atoms with Gasteiger partial charge in [-0.2, -0.15) is 4.98 Å². The van der Waals surface area contributed by atoms with Crippen molar-refractivity contribution in [3.8, 4) is 5.95 Å². The minimum Gasteiger partial charge on any atom is -0.382 e. The standard InChI is InChI=1S/C28H38N6O2/c1-2-36-19-9-16-30-27(35)26(23-12-7-4-8-13-23)32-25-20-24(15-14-22-10-5-3-6-11-22)31-28(33-25)34-18-17-29-21-34/h3,5-6,10-11,17-18,20-21,23,26H,2,4,7-9,12-16,19H2,1H3,(H,30,35)(H,31,32,33)/t26-/m0/s1. The molecule has 8 heteroatoms. The molecule has 0 unspecified atom stereocenters. The monoisotopic (exact) mass is 490 g/mol. The van der Waals surface area contributed by atoms with Gasteiger partial charge in [0.15, 0.2) is 0 Å². The van der Waals surface area contributed by atoms with Crippen LogP contribution in [0.25, 0.3) is 5.95 Å². The normalized spacial score (nSPS) is 14.9. The van der Waals surface area contributed by atoms with Crippen molar-refractivity contribution < 1.29 is 9.53 Å². The fourth-order valence-electron chi connectivity index (χ4n) is 4.76. The number of rotatable bonds is 13. The molecule has 1 aliphatic rings. The molecule has 2 N–H and O–H groups in total. The fourth-order valence-corrected chi connectivity index (χ4v) is 4.76. The van der Waals surface area contributed by atoms with Crippen molar-refractivity contribution in [2.45, 2.75) is 64.3 Å². The van der Waals surface area contributed by atoms with E-state index in [-0.39, 0.29) is 17.9 Å². The first-order valence-electron chi connectivity index (χ1n) is 13.2. The number of nitrogens with zero attached hydrogens (tertiary/aromatic N) is 4. The predicted octanol–water partition coefficient (Wildman–Crippen LogP) is 4.35. The highest BCUT2D eigenvalue weighted by Gasteiger charge is 2.30. The molecule has 192 valence electrons. The number of aryl methyl sites for hydroxylation is 2. The zero-order valence-corrected chi connectivity index (χ0v) is 21.2. The van der Waals surface area contributed by atoms with Crippen molar-refractivity contribution in [1.82, 2.24) is 24.8 Å². The van der Waals surface area contributed by atoms with Crippen LogP contribution in [0.1, 0.15) is 56.7 Å². The largest absolute Gasteiger partial charge is 0.382 e. The van der Waals surface area contributed by atoms with E-state index in [1.807, 2.05) is 25.3 Å². The molecule has 0 saturated heterocycles. The van der Waals surface area contributed by atoms with E-state index in [0.717, 1.165) is 50.6 Å². The third-order valence-corrected chi connectivity index (χ3v) is 6.69. The van der Waals surface area contributed by atoms with Gasteiger partial charge in [-0.1, -0.05) is 49.6 Å². The summed E-state index contributed by atoms with van der Waals surface area (Å²) < 4.78 is 7.22. The SMILES string of the molecule is CCOCCCNC(=O)[C@@H](Nc1cc(CCc2ccccc2)nc(-n2ccnc2)n1)C1CCCCC1. The highest BCUT2D eigenvalue weighted by molar-refractivity contribution is 5.84. The number of hydrogen-bond acceptors (Lipinski definition) is 6. The Morgan fingerprint density at radius 1 is 1.14 bits per heavy atom. The molecule has 0 aliphatic heterocycles. The maximum absolute atomic E-state index is 13.3. The quantitative estimate of drug-likeness (QED) is 0.346. The van der Waals surface area contributed by atoms with Gasteiger partial charge in [-0.15, -0.1) is 0 Å². The molecule has 0 bridgehead atoms. The number of imidazole rings is 1.